The predicted octanol–water partition coefficient (Wildman–Crippen LogP) is 2.37. The molecule has 3 heterocycles. The Kier molecular flexibility index (Phi) is 5.26. The largest absolute Gasteiger partial charge is 0.345 e. The second-order valence-corrected chi connectivity index (χ2v) is 10.0. The Morgan fingerprint density at radius 2 is 1.52 bits per heavy atom. The first-order chi connectivity index (χ1) is 14.6. The lowest BCUT2D eigenvalue weighted by Crippen LogP contribution is -2.53. The molecule has 4 rings (SSSR count). The van der Waals surface area contributed by atoms with Gasteiger partial charge in [0.25, 0.3) is 5.91 Å². The van der Waals surface area contributed by atoms with E-state index in [0.717, 1.165) is 42.5 Å². The van der Waals surface area contributed by atoms with E-state index < -0.39 is 5.41 Å². The van der Waals surface area contributed by atoms with Crippen molar-refractivity contribution < 1.29 is 14.4 Å². The number of amides is 4. The number of hydrogen-bond donors (Lipinski definition) is 0. The predicted molar refractivity (Wildman–Crippen MR) is 119 cm³/mol. The molecule has 3 fully saturated rings. The van der Waals surface area contributed by atoms with E-state index in [9.17, 15) is 14.4 Å². The minimum Gasteiger partial charge on any atom is -0.345 e. The van der Waals surface area contributed by atoms with Gasteiger partial charge in [-0.05, 0) is 45.2 Å². The van der Waals surface area contributed by atoms with Crippen LogP contribution in [0.25, 0.3) is 0 Å². The Balaban J connectivity index is 1.58. The summed E-state index contributed by atoms with van der Waals surface area (Å²) < 4.78 is 0. The molecule has 168 valence electrons. The molecule has 0 aliphatic carbocycles. The normalized spacial score (nSPS) is 25.1. The fourth-order valence-corrected chi connectivity index (χ4v) is 6.11. The molecule has 0 radical (unpaired) electrons. The van der Waals surface area contributed by atoms with Crippen LogP contribution in [0.3, 0.4) is 0 Å². The van der Waals surface area contributed by atoms with Gasteiger partial charge in [-0.1, -0.05) is 17.2 Å². The summed E-state index contributed by atoms with van der Waals surface area (Å²) in [6.45, 7) is 7.07. The van der Waals surface area contributed by atoms with E-state index in [2.05, 4.69) is 6.07 Å². The van der Waals surface area contributed by atoms with Gasteiger partial charge in [0.1, 0.15) is 0 Å². The fraction of sp³-hybridized carbons (Fsp3) is 0.625. The number of aryl methyl sites for hydroxylation is 2. The van der Waals surface area contributed by atoms with Gasteiger partial charge in [0, 0.05) is 64.8 Å². The van der Waals surface area contributed by atoms with E-state index in [1.54, 1.807) is 19.0 Å². The van der Waals surface area contributed by atoms with Crippen LogP contribution in [0.4, 0.5) is 4.79 Å². The van der Waals surface area contributed by atoms with Gasteiger partial charge in [-0.3, -0.25) is 9.59 Å². The lowest BCUT2D eigenvalue weighted by Gasteiger charge is -2.46. The van der Waals surface area contributed by atoms with Crippen molar-refractivity contribution in [2.75, 3.05) is 53.9 Å². The average molecular weight is 427 g/mol. The van der Waals surface area contributed by atoms with Gasteiger partial charge >= 0.3 is 6.03 Å². The van der Waals surface area contributed by atoms with Crippen LogP contribution in [0.1, 0.15) is 40.7 Å². The van der Waals surface area contributed by atoms with Crippen molar-refractivity contribution >= 4 is 17.8 Å². The van der Waals surface area contributed by atoms with E-state index in [-0.39, 0.29) is 23.3 Å². The average Bonchev–Trinajstić information content (AvgIpc) is 3.19. The topological polar surface area (TPSA) is 64.2 Å². The molecule has 1 aromatic rings. The van der Waals surface area contributed by atoms with Crippen LogP contribution in [0, 0.1) is 24.7 Å². The number of rotatable bonds is 1. The van der Waals surface area contributed by atoms with Gasteiger partial charge in [-0.15, -0.1) is 0 Å². The first-order valence-corrected chi connectivity index (χ1v) is 11.2. The second kappa shape index (κ2) is 7.53. The van der Waals surface area contributed by atoms with Crippen molar-refractivity contribution in [1.29, 1.82) is 0 Å². The maximum Gasteiger partial charge on any atom is 0.319 e. The Labute approximate surface area is 185 Å². The summed E-state index contributed by atoms with van der Waals surface area (Å²) in [7, 11) is 5.38. The molecule has 1 unspecified atom stereocenters. The summed E-state index contributed by atoms with van der Waals surface area (Å²) in [6.07, 6.45) is 2.28. The molecule has 0 N–H and O–H groups in total. The third-order valence-corrected chi connectivity index (χ3v) is 7.73. The third kappa shape index (κ3) is 3.38. The molecule has 7 heteroatoms. The molecule has 1 aromatic carbocycles. The summed E-state index contributed by atoms with van der Waals surface area (Å²) in [5.74, 6) is 0.223. The molecule has 31 heavy (non-hydrogen) atoms. The van der Waals surface area contributed by atoms with Gasteiger partial charge in [0.05, 0.1) is 5.41 Å². The number of nitrogens with zero attached hydrogens (tertiary/aromatic N) is 4. The summed E-state index contributed by atoms with van der Waals surface area (Å²) in [4.78, 5) is 46.5. The van der Waals surface area contributed by atoms with E-state index in [0.29, 0.717) is 26.2 Å². The molecule has 1 atom stereocenters. The van der Waals surface area contributed by atoms with Crippen LogP contribution in [-0.2, 0) is 4.79 Å². The van der Waals surface area contributed by atoms with E-state index in [1.165, 1.54) is 0 Å². The van der Waals surface area contributed by atoms with Crippen molar-refractivity contribution in [2.24, 2.45) is 10.8 Å². The maximum absolute atomic E-state index is 13.3. The zero-order valence-corrected chi connectivity index (χ0v) is 19.4. The zero-order valence-electron chi connectivity index (χ0n) is 19.4. The standard InChI is InChI=1S/C24H34N4O3/c1-17-12-18(2)14-19(13-17)20(29)27-10-6-23(7-11-27)15-28(22(31)25(3)4)16-24(23)8-9-26(5)21(24)30/h12-14H,6-11,15-16H2,1-5H3. The molecule has 3 aliphatic heterocycles. The highest BCUT2D eigenvalue weighted by Gasteiger charge is 2.65. The molecule has 0 aromatic heterocycles. The van der Waals surface area contributed by atoms with Crippen molar-refractivity contribution in [3.05, 3.63) is 34.9 Å². The van der Waals surface area contributed by atoms with Crippen molar-refractivity contribution in [2.45, 2.75) is 33.1 Å². The van der Waals surface area contributed by atoms with Crippen molar-refractivity contribution in [1.82, 2.24) is 19.6 Å². The molecular weight excluding hydrogens is 392 g/mol. The third-order valence-electron chi connectivity index (χ3n) is 7.73. The number of fused-ring (bicyclic) bond motifs is 1. The molecule has 0 bridgehead atoms. The summed E-state index contributed by atoms with van der Waals surface area (Å²) >= 11 is 0. The first-order valence-electron chi connectivity index (χ1n) is 11.2. The highest BCUT2D eigenvalue weighted by molar-refractivity contribution is 5.95. The summed E-state index contributed by atoms with van der Waals surface area (Å²) in [6, 6.07) is 5.93. The van der Waals surface area contributed by atoms with Gasteiger partial charge in [0.2, 0.25) is 5.91 Å². The zero-order chi connectivity index (χ0) is 22.6. The van der Waals surface area contributed by atoms with Crippen LogP contribution >= 0.6 is 0 Å². The number of urea groups is 1. The van der Waals surface area contributed by atoms with Gasteiger partial charge < -0.3 is 19.6 Å². The summed E-state index contributed by atoms with van der Waals surface area (Å²) in [5, 5.41) is 0. The van der Waals surface area contributed by atoms with Crippen LogP contribution in [0.5, 0.6) is 0 Å². The van der Waals surface area contributed by atoms with E-state index in [1.807, 2.05) is 47.7 Å². The minimum absolute atomic E-state index is 0.0349. The fourth-order valence-electron chi connectivity index (χ4n) is 6.11. The minimum atomic E-state index is -0.525. The van der Waals surface area contributed by atoms with Crippen LogP contribution < -0.4 is 0 Å². The smallest absolute Gasteiger partial charge is 0.319 e. The summed E-state index contributed by atoms with van der Waals surface area (Å²) in [5.41, 5.74) is 2.12. The lowest BCUT2D eigenvalue weighted by atomic mass is 9.60. The SMILES string of the molecule is Cc1cc(C)cc(C(=O)N2CCC3(CC2)CN(C(=O)N(C)C)CC32CCN(C)C2=O)c1. The number of carbonyl (C=O) groups is 3. The highest BCUT2D eigenvalue weighted by Crippen LogP contribution is 2.57. The number of benzene rings is 1. The Hall–Kier alpha value is -2.57. The van der Waals surface area contributed by atoms with Gasteiger partial charge in [0.15, 0.2) is 0 Å². The van der Waals surface area contributed by atoms with Gasteiger partial charge in [-0.2, -0.15) is 0 Å². The molecule has 3 saturated heterocycles. The van der Waals surface area contributed by atoms with Crippen molar-refractivity contribution in [3.63, 3.8) is 0 Å². The van der Waals surface area contributed by atoms with Crippen LogP contribution in [-0.4, -0.2) is 91.3 Å². The molecule has 7 nitrogen and oxygen atoms in total. The first kappa shape index (κ1) is 21.7. The Morgan fingerprint density at radius 1 is 0.903 bits per heavy atom. The van der Waals surface area contributed by atoms with Crippen LogP contribution in [0.2, 0.25) is 0 Å². The second-order valence-electron chi connectivity index (χ2n) is 10.0. The number of hydrogen-bond acceptors (Lipinski definition) is 3. The van der Waals surface area contributed by atoms with Gasteiger partial charge in [-0.25, -0.2) is 4.79 Å². The Bertz CT molecular complexity index is 899. The number of likely N-dealkylation sites (tertiary alicyclic amines) is 3. The monoisotopic (exact) mass is 426 g/mol. The Morgan fingerprint density at radius 3 is 2.03 bits per heavy atom. The molecule has 3 aliphatic rings. The molecule has 4 amide bonds. The molecule has 2 spiro atoms. The highest BCUT2D eigenvalue weighted by atomic mass is 16.2. The number of piperidine rings is 1. The van der Waals surface area contributed by atoms with Crippen LogP contribution in [0.15, 0.2) is 18.2 Å². The van der Waals surface area contributed by atoms with E-state index in [4.69, 9.17) is 0 Å². The molecule has 0 saturated carbocycles. The quantitative estimate of drug-likeness (QED) is 0.693. The van der Waals surface area contributed by atoms with E-state index >= 15 is 0 Å². The maximum atomic E-state index is 13.3. The lowest BCUT2D eigenvalue weighted by molar-refractivity contribution is -0.141. The molecular formula is C24H34N4O3. The van der Waals surface area contributed by atoms with Crippen molar-refractivity contribution in [3.8, 4) is 0 Å². The number of carbonyl (C=O) groups excluding carboxylic acids is 3.